The molecule has 8 nitrogen and oxygen atoms in total. The predicted octanol–water partition coefficient (Wildman–Crippen LogP) is 1.96. The lowest BCUT2D eigenvalue weighted by Crippen LogP contribution is -2.17. The number of aliphatic hydroxyl groups is 2. The van der Waals surface area contributed by atoms with E-state index in [0.717, 1.165) is 5.56 Å². The van der Waals surface area contributed by atoms with Crippen LogP contribution >= 0.6 is 0 Å². The van der Waals surface area contributed by atoms with Crippen LogP contribution in [0, 0.1) is 0 Å². The largest absolute Gasteiger partial charge is 0.395 e. The Morgan fingerprint density at radius 3 is 2.54 bits per heavy atom. The van der Waals surface area contributed by atoms with Crippen molar-refractivity contribution >= 4 is 22.9 Å². The minimum Gasteiger partial charge on any atom is -0.395 e. The SMILES string of the molecule is CC(C)n1cnc2c(NC(CO)c3ccccc3)nc(NCCO)nc21. The molecule has 138 valence electrons. The van der Waals surface area contributed by atoms with Gasteiger partial charge in [-0.2, -0.15) is 9.97 Å². The van der Waals surface area contributed by atoms with Gasteiger partial charge in [0.15, 0.2) is 17.0 Å². The highest BCUT2D eigenvalue weighted by Gasteiger charge is 2.18. The molecule has 0 spiro atoms. The number of nitrogens with one attached hydrogen (secondary N) is 2. The van der Waals surface area contributed by atoms with E-state index in [1.54, 1.807) is 6.33 Å². The molecular weight excluding hydrogens is 332 g/mol. The molecule has 2 aromatic heterocycles. The second kappa shape index (κ2) is 8.11. The zero-order chi connectivity index (χ0) is 18.5. The van der Waals surface area contributed by atoms with Crippen LogP contribution in [0.25, 0.3) is 11.2 Å². The number of hydrogen-bond acceptors (Lipinski definition) is 7. The monoisotopic (exact) mass is 356 g/mol. The van der Waals surface area contributed by atoms with Crippen LogP contribution in [-0.4, -0.2) is 49.5 Å². The summed E-state index contributed by atoms with van der Waals surface area (Å²) in [5.74, 6) is 0.943. The Hall–Kier alpha value is -2.71. The van der Waals surface area contributed by atoms with Crippen molar-refractivity contribution in [3.63, 3.8) is 0 Å². The van der Waals surface area contributed by atoms with E-state index in [1.165, 1.54) is 0 Å². The molecule has 0 fully saturated rings. The van der Waals surface area contributed by atoms with Gasteiger partial charge in [-0.1, -0.05) is 30.3 Å². The number of benzene rings is 1. The first-order chi connectivity index (χ1) is 12.6. The number of imidazole rings is 1. The number of hydrogen-bond donors (Lipinski definition) is 4. The molecule has 3 aromatic rings. The lowest BCUT2D eigenvalue weighted by atomic mass is 10.1. The number of anilines is 2. The first-order valence-corrected chi connectivity index (χ1v) is 8.65. The molecule has 26 heavy (non-hydrogen) atoms. The summed E-state index contributed by atoms with van der Waals surface area (Å²) in [7, 11) is 0. The average Bonchev–Trinajstić information content (AvgIpc) is 3.09. The maximum absolute atomic E-state index is 9.84. The molecule has 2 heterocycles. The van der Waals surface area contributed by atoms with Gasteiger partial charge in [0.2, 0.25) is 5.95 Å². The average molecular weight is 356 g/mol. The molecule has 1 unspecified atom stereocenters. The van der Waals surface area contributed by atoms with Crippen LogP contribution in [0.1, 0.15) is 31.5 Å². The third-order valence-corrected chi connectivity index (χ3v) is 4.07. The molecule has 0 aliphatic heterocycles. The minimum absolute atomic E-state index is 0.0170. The third kappa shape index (κ3) is 3.76. The second-order valence-corrected chi connectivity index (χ2v) is 6.25. The molecule has 0 aliphatic carbocycles. The molecule has 1 aromatic carbocycles. The summed E-state index contributed by atoms with van der Waals surface area (Å²) in [4.78, 5) is 13.5. The zero-order valence-corrected chi connectivity index (χ0v) is 14.9. The van der Waals surface area contributed by atoms with Crippen LogP contribution < -0.4 is 10.6 Å². The number of fused-ring (bicyclic) bond motifs is 1. The first kappa shape index (κ1) is 18.1. The topological polar surface area (TPSA) is 108 Å². The van der Waals surface area contributed by atoms with Crippen molar-refractivity contribution in [2.75, 3.05) is 30.4 Å². The fourth-order valence-corrected chi connectivity index (χ4v) is 2.73. The van der Waals surface area contributed by atoms with E-state index in [2.05, 4.69) is 39.4 Å². The van der Waals surface area contributed by atoms with Crippen molar-refractivity contribution < 1.29 is 10.2 Å². The summed E-state index contributed by atoms with van der Waals surface area (Å²) in [6.07, 6.45) is 1.74. The van der Waals surface area contributed by atoms with Crippen LogP contribution in [0.15, 0.2) is 36.7 Å². The summed E-state index contributed by atoms with van der Waals surface area (Å²) in [6.45, 7) is 4.36. The van der Waals surface area contributed by atoms with Gasteiger partial charge >= 0.3 is 0 Å². The molecular formula is C18H24N6O2. The fourth-order valence-electron chi connectivity index (χ4n) is 2.73. The van der Waals surface area contributed by atoms with Gasteiger partial charge in [0.1, 0.15) is 0 Å². The van der Waals surface area contributed by atoms with Crippen molar-refractivity contribution in [3.05, 3.63) is 42.2 Å². The summed E-state index contributed by atoms with van der Waals surface area (Å²) in [5, 5.41) is 25.2. The van der Waals surface area contributed by atoms with E-state index in [1.807, 2.05) is 34.9 Å². The lowest BCUT2D eigenvalue weighted by molar-refractivity contribution is 0.276. The third-order valence-electron chi connectivity index (χ3n) is 4.07. The van der Waals surface area contributed by atoms with Crippen molar-refractivity contribution in [1.82, 2.24) is 19.5 Å². The standard InChI is InChI=1S/C18H24N6O2/c1-12(2)24-11-20-15-16(22-18(19-8-9-25)23-17(15)24)21-14(10-26)13-6-4-3-5-7-13/h3-7,11-12,14,25-26H,8-10H2,1-2H3,(H2,19,21,22,23). The van der Waals surface area contributed by atoms with E-state index in [4.69, 9.17) is 5.11 Å². The van der Waals surface area contributed by atoms with Gasteiger partial charge in [0.05, 0.1) is 25.6 Å². The molecule has 0 aliphatic rings. The Morgan fingerprint density at radius 2 is 1.88 bits per heavy atom. The van der Waals surface area contributed by atoms with E-state index < -0.39 is 0 Å². The Bertz CT molecular complexity index is 850. The summed E-state index contributed by atoms with van der Waals surface area (Å²) >= 11 is 0. The number of nitrogens with zero attached hydrogens (tertiary/aromatic N) is 4. The van der Waals surface area contributed by atoms with Crippen LogP contribution in [0.2, 0.25) is 0 Å². The molecule has 0 radical (unpaired) electrons. The Morgan fingerprint density at radius 1 is 1.12 bits per heavy atom. The molecule has 4 N–H and O–H groups in total. The quantitative estimate of drug-likeness (QED) is 0.488. The molecule has 0 amide bonds. The molecule has 3 rings (SSSR count). The number of aromatic nitrogens is 4. The Kier molecular flexibility index (Phi) is 5.65. The van der Waals surface area contributed by atoms with Gasteiger partial charge in [-0.15, -0.1) is 0 Å². The van der Waals surface area contributed by atoms with Crippen molar-refractivity contribution in [2.24, 2.45) is 0 Å². The molecule has 0 saturated heterocycles. The minimum atomic E-state index is -0.316. The Balaban J connectivity index is 2.02. The summed E-state index contributed by atoms with van der Waals surface area (Å²) in [5.41, 5.74) is 2.29. The molecule has 1 atom stereocenters. The van der Waals surface area contributed by atoms with Gasteiger partial charge in [-0.25, -0.2) is 4.98 Å². The number of aliphatic hydroxyl groups excluding tert-OH is 2. The highest BCUT2D eigenvalue weighted by Crippen LogP contribution is 2.26. The van der Waals surface area contributed by atoms with E-state index in [0.29, 0.717) is 29.5 Å². The van der Waals surface area contributed by atoms with Crippen LogP contribution in [0.4, 0.5) is 11.8 Å². The highest BCUT2D eigenvalue weighted by molar-refractivity contribution is 5.84. The highest BCUT2D eigenvalue weighted by atomic mass is 16.3. The van der Waals surface area contributed by atoms with Gasteiger partial charge < -0.3 is 25.4 Å². The Labute approximate surface area is 151 Å². The molecule has 0 saturated carbocycles. The smallest absolute Gasteiger partial charge is 0.226 e. The number of rotatable bonds is 8. The van der Waals surface area contributed by atoms with E-state index in [9.17, 15) is 5.11 Å². The summed E-state index contributed by atoms with van der Waals surface area (Å²) < 4.78 is 1.96. The van der Waals surface area contributed by atoms with Gasteiger partial charge in [-0.3, -0.25) is 0 Å². The zero-order valence-electron chi connectivity index (χ0n) is 14.9. The van der Waals surface area contributed by atoms with Gasteiger partial charge in [0.25, 0.3) is 0 Å². The molecule has 0 bridgehead atoms. The second-order valence-electron chi connectivity index (χ2n) is 6.25. The normalized spacial score (nSPS) is 12.5. The fraction of sp³-hybridized carbons (Fsp3) is 0.389. The van der Waals surface area contributed by atoms with Crippen LogP contribution in [-0.2, 0) is 0 Å². The van der Waals surface area contributed by atoms with E-state index >= 15 is 0 Å². The summed E-state index contributed by atoms with van der Waals surface area (Å²) in [6, 6.07) is 9.56. The van der Waals surface area contributed by atoms with Crippen LogP contribution in [0.3, 0.4) is 0 Å². The maximum Gasteiger partial charge on any atom is 0.226 e. The van der Waals surface area contributed by atoms with E-state index in [-0.39, 0.29) is 25.3 Å². The van der Waals surface area contributed by atoms with Gasteiger partial charge in [0, 0.05) is 12.6 Å². The maximum atomic E-state index is 9.84. The van der Waals surface area contributed by atoms with Crippen molar-refractivity contribution in [2.45, 2.75) is 25.9 Å². The lowest BCUT2D eigenvalue weighted by Gasteiger charge is -2.18. The van der Waals surface area contributed by atoms with Gasteiger partial charge in [-0.05, 0) is 19.4 Å². The molecule has 8 heteroatoms. The van der Waals surface area contributed by atoms with Crippen LogP contribution in [0.5, 0.6) is 0 Å². The first-order valence-electron chi connectivity index (χ1n) is 8.65. The predicted molar refractivity (Wildman–Crippen MR) is 101 cm³/mol. The van der Waals surface area contributed by atoms with Crippen molar-refractivity contribution in [1.29, 1.82) is 0 Å². The van der Waals surface area contributed by atoms with Crippen molar-refractivity contribution in [3.8, 4) is 0 Å².